The smallest absolute Gasteiger partial charge is 0.191 e. The number of nitrogens with one attached hydrogen (secondary N) is 2. The predicted molar refractivity (Wildman–Crippen MR) is 110 cm³/mol. The summed E-state index contributed by atoms with van der Waals surface area (Å²) in [6.45, 7) is 5.16. The number of nitrogens with zero attached hydrogens (tertiary/aromatic N) is 1. The number of para-hydroxylation sites is 1. The standard InChI is InChI=1S/C18H25N3O3.HI/c1-4-19-17(20-12-14-8-5-6-9-15(14)23-3)21-13-18(2,22)16-10-7-11-24-16;/h5-11,22H,4,12-13H2,1-3H3,(H2,19,20,21);1H. The van der Waals surface area contributed by atoms with Crippen molar-refractivity contribution in [1.82, 2.24) is 10.6 Å². The van der Waals surface area contributed by atoms with Crippen LogP contribution in [0.15, 0.2) is 52.1 Å². The highest BCUT2D eigenvalue weighted by Crippen LogP contribution is 2.20. The minimum absolute atomic E-state index is 0. The molecule has 1 aromatic carbocycles. The minimum Gasteiger partial charge on any atom is -0.496 e. The molecular formula is C18H26IN3O3. The molecule has 0 saturated heterocycles. The van der Waals surface area contributed by atoms with Crippen LogP contribution in [0.1, 0.15) is 25.2 Å². The van der Waals surface area contributed by atoms with Crippen LogP contribution in [-0.4, -0.2) is 31.3 Å². The summed E-state index contributed by atoms with van der Waals surface area (Å²) in [5.74, 6) is 1.94. The number of guanidine groups is 1. The molecule has 0 bridgehead atoms. The van der Waals surface area contributed by atoms with Gasteiger partial charge in [-0.15, -0.1) is 24.0 Å². The highest BCUT2D eigenvalue weighted by molar-refractivity contribution is 14.0. The van der Waals surface area contributed by atoms with Crippen LogP contribution in [-0.2, 0) is 12.1 Å². The summed E-state index contributed by atoms with van der Waals surface area (Å²) >= 11 is 0. The fraction of sp³-hybridized carbons (Fsp3) is 0.389. The normalized spacial score (nSPS) is 13.5. The molecule has 6 nitrogen and oxygen atoms in total. The quantitative estimate of drug-likeness (QED) is 0.337. The molecule has 1 unspecified atom stereocenters. The van der Waals surface area contributed by atoms with Crippen LogP contribution >= 0.6 is 24.0 Å². The summed E-state index contributed by atoms with van der Waals surface area (Å²) in [6, 6.07) is 11.3. The van der Waals surface area contributed by atoms with Gasteiger partial charge in [0.1, 0.15) is 17.1 Å². The molecule has 0 spiro atoms. The third-order valence-electron chi connectivity index (χ3n) is 3.60. The average Bonchev–Trinajstić information content (AvgIpc) is 3.13. The zero-order valence-corrected chi connectivity index (χ0v) is 17.1. The largest absolute Gasteiger partial charge is 0.496 e. The lowest BCUT2D eigenvalue weighted by atomic mass is 10.0. The second-order valence-corrected chi connectivity index (χ2v) is 5.61. The van der Waals surface area contributed by atoms with Crippen LogP contribution in [0.25, 0.3) is 0 Å². The molecule has 0 fully saturated rings. The van der Waals surface area contributed by atoms with E-state index in [9.17, 15) is 5.11 Å². The second-order valence-electron chi connectivity index (χ2n) is 5.61. The highest BCUT2D eigenvalue weighted by atomic mass is 127. The SMILES string of the molecule is CCNC(=NCc1ccccc1OC)NCC(C)(O)c1ccco1.I. The Morgan fingerprint density at radius 3 is 2.64 bits per heavy atom. The van der Waals surface area contributed by atoms with E-state index in [2.05, 4.69) is 15.6 Å². The van der Waals surface area contributed by atoms with E-state index in [1.54, 1.807) is 32.4 Å². The Labute approximate surface area is 165 Å². The van der Waals surface area contributed by atoms with Crippen LogP contribution < -0.4 is 15.4 Å². The fourth-order valence-corrected chi connectivity index (χ4v) is 2.27. The van der Waals surface area contributed by atoms with Gasteiger partial charge >= 0.3 is 0 Å². The Morgan fingerprint density at radius 1 is 1.24 bits per heavy atom. The molecule has 0 saturated carbocycles. The molecular weight excluding hydrogens is 433 g/mol. The molecule has 0 aliphatic carbocycles. The van der Waals surface area contributed by atoms with Crippen molar-refractivity contribution in [2.24, 2.45) is 4.99 Å². The summed E-state index contributed by atoms with van der Waals surface area (Å²) in [7, 11) is 1.65. The highest BCUT2D eigenvalue weighted by Gasteiger charge is 2.26. The molecule has 1 heterocycles. The summed E-state index contributed by atoms with van der Waals surface area (Å²) in [5.41, 5.74) is -0.126. The Bertz CT molecular complexity index is 657. The number of benzene rings is 1. The lowest BCUT2D eigenvalue weighted by molar-refractivity contribution is 0.0386. The van der Waals surface area contributed by atoms with E-state index in [0.717, 1.165) is 17.9 Å². The first-order valence-corrected chi connectivity index (χ1v) is 7.97. The van der Waals surface area contributed by atoms with E-state index in [1.165, 1.54) is 0 Å². The van der Waals surface area contributed by atoms with Crippen molar-refractivity contribution >= 4 is 29.9 Å². The number of hydrogen-bond acceptors (Lipinski definition) is 4. The van der Waals surface area contributed by atoms with E-state index < -0.39 is 5.60 Å². The van der Waals surface area contributed by atoms with Gasteiger partial charge in [-0.05, 0) is 32.0 Å². The van der Waals surface area contributed by atoms with Crippen molar-refractivity contribution in [3.05, 3.63) is 54.0 Å². The number of hydrogen-bond donors (Lipinski definition) is 3. The average molecular weight is 459 g/mol. The summed E-state index contributed by atoms with van der Waals surface area (Å²) < 4.78 is 10.6. The molecule has 138 valence electrons. The van der Waals surface area contributed by atoms with Gasteiger partial charge in [0.15, 0.2) is 5.96 Å². The van der Waals surface area contributed by atoms with Gasteiger partial charge in [0.05, 0.1) is 26.5 Å². The summed E-state index contributed by atoms with van der Waals surface area (Å²) in [4.78, 5) is 4.55. The van der Waals surface area contributed by atoms with Crippen molar-refractivity contribution in [2.45, 2.75) is 26.0 Å². The molecule has 0 amide bonds. The lowest BCUT2D eigenvalue weighted by Gasteiger charge is -2.22. The maximum absolute atomic E-state index is 10.5. The third kappa shape index (κ3) is 6.24. The van der Waals surface area contributed by atoms with Crippen LogP contribution in [0.3, 0.4) is 0 Å². The van der Waals surface area contributed by atoms with Crippen molar-refractivity contribution < 1.29 is 14.3 Å². The maximum Gasteiger partial charge on any atom is 0.191 e. The van der Waals surface area contributed by atoms with Gasteiger partial charge in [-0.1, -0.05) is 18.2 Å². The van der Waals surface area contributed by atoms with Gasteiger partial charge in [0.25, 0.3) is 0 Å². The van der Waals surface area contributed by atoms with Gasteiger partial charge in [0.2, 0.25) is 0 Å². The molecule has 0 radical (unpaired) electrons. The predicted octanol–water partition coefficient (Wildman–Crippen LogP) is 2.87. The van der Waals surface area contributed by atoms with Gasteiger partial charge in [0, 0.05) is 12.1 Å². The number of ether oxygens (including phenoxy) is 1. The van der Waals surface area contributed by atoms with Crippen LogP contribution in [0, 0.1) is 0 Å². The van der Waals surface area contributed by atoms with Gasteiger partial charge in [-0.3, -0.25) is 0 Å². The monoisotopic (exact) mass is 459 g/mol. The molecule has 7 heteroatoms. The van der Waals surface area contributed by atoms with E-state index in [1.807, 2.05) is 31.2 Å². The molecule has 0 aliphatic rings. The zero-order chi connectivity index (χ0) is 17.4. The zero-order valence-electron chi connectivity index (χ0n) is 14.8. The topological polar surface area (TPSA) is 79.0 Å². The van der Waals surface area contributed by atoms with Crippen molar-refractivity contribution in [1.29, 1.82) is 0 Å². The Balaban J connectivity index is 0.00000312. The molecule has 2 rings (SSSR count). The molecule has 0 aliphatic heterocycles. The van der Waals surface area contributed by atoms with Crippen molar-refractivity contribution in [3.8, 4) is 5.75 Å². The van der Waals surface area contributed by atoms with Crippen molar-refractivity contribution in [3.63, 3.8) is 0 Å². The van der Waals surface area contributed by atoms with Gasteiger partial charge in [-0.25, -0.2) is 4.99 Å². The number of aliphatic imine (C=N–C) groups is 1. The number of furan rings is 1. The number of aliphatic hydroxyl groups is 1. The van der Waals surface area contributed by atoms with Crippen LogP contribution in [0.5, 0.6) is 5.75 Å². The third-order valence-corrected chi connectivity index (χ3v) is 3.60. The number of methoxy groups -OCH3 is 1. The van der Waals surface area contributed by atoms with Crippen LogP contribution in [0.4, 0.5) is 0 Å². The number of rotatable bonds is 7. The molecule has 25 heavy (non-hydrogen) atoms. The first-order valence-electron chi connectivity index (χ1n) is 7.97. The second kappa shape index (κ2) is 10.3. The van der Waals surface area contributed by atoms with Gasteiger partial charge < -0.3 is 24.9 Å². The molecule has 1 aromatic heterocycles. The Morgan fingerprint density at radius 2 is 2.00 bits per heavy atom. The van der Waals surface area contributed by atoms with E-state index in [0.29, 0.717) is 18.3 Å². The Kier molecular flexibility index (Phi) is 8.77. The molecule has 2 aromatic rings. The molecule has 1 atom stereocenters. The van der Waals surface area contributed by atoms with E-state index in [4.69, 9.17) is 9.15 Å². The summed E-state index contributed by atoms with van der Waals surface area (Å²) in [5, 5.41) is 16.8. The lowest BCUT2D eigenvalue weighted by Crippen LogP contribution is -2.44. The first kappa shape index (κ1) is 21.3. The van der Waals surface area contributed by atoms with Crippen molar-refractivity contribution in [2.75, 3.05) is 20.2 Å². The summed E-state index contributed by atoms with van der Waals surface area (Å²) in [6.07, 6.45) is 1.55. The Hall–Kier alpha value is -1.74. The van der Waals surface area contributed by atoms with E-state index in [-0.39, 0.29) is 30.5 Å². The minimum atomic E-state index is -1.12. The first-order chi connectivity index (χ1) is 11.6. The fourth-order valence-electron chi connectivity index (χ4n) is 2.27. The van der Waals surface area contributed by atoms with Crippen LogP contribution in [0.2, 0.25) is 0 Å². The molecule has 3 N–H and O–H groups in total. The van der Waals surface area contributed by atoms with E-state index >= 15 is 0 Å². The number of halogens is 1. The maximum atomic E-state index is 10.5. The van der Waals surface area contributed by atoms with Gasteiger partial charge in [-0.2, -0.15) is 0 Å².